The minimum absolute atomic E-state index is 0.404. The predicted octanol–water partition coefficient (Wildman–Crippen LogP) is 0.390. The Morgan fingerprint density at radius 2 is 2.20 bits per heavy atom. The van der Waals surface area contributed by atoms with Crippen LogP contribution in [0.5, 0.6) is 0 Å². The monoisotopic (exact) mass is 188 g/mol. The summed E-state index contributed by atoms with van der Waals surface area (Å²) in [6.45, 7) is 0.407. The van der Waals surface area contributed by atoms with Crippen LogP contribution in [0.4, 0.5) is 0 Å². The molecule has 5 nitrogen and oxygen atoms in total. The van der Waals surface area contributed by atoms with Gasteiger partial charge in [-0.3, -0.25) is 0 Å². The van der Waals surface area contributed by atoms with Crippen molar-refractivity contribution in [1.29, 1.82) is 0 Å². The Bertz CT molecular complexity index is 122. The molecule has 0 aliphatic carbocycles. The van der Waals surface area contributed by atoms with Crippen molar-refractivity contribution in [3.63, 3.8) is 0 Å². The number of ether oxygens (including phenoxy) is 1. The van der Waals surface area contributed by atoms with Gasteiger partial charge in [-0.2, -0.15) is 0 Å². The number of methoxy groups -OCH3 is 1. The molecule has 0 aromatic rings. The summed E-state index contributed by atoms with van der Waals surface area (Å²) in [5.41, 5.74) is 0. The molecule has 0 saturated carbocycles. The van der Waals surface area contributed by atoms with Crippen LogP contribution in [0.15, 0.2) is 0 Å². The topological polar surface area (TPSA) is 76.0 Å². The van der Waals surface area contributed by atoms with Crippen molar-refractivity contribution in [2.45, 2.75) is 0 Å². The Labute approximate surface area is 63.2 Å². The second kappa shape index (κ2) is 5.12. The summed E-state index contributed by atoms with van der Waals surface area (Å²) >= 11 is 0.697. The van der Waals surface area contributed by atoms with E-state index in [0.717, 1.165) is 0 Å². The molecule has 0 spiro atoms. The predicted molar refractivity (Wildman–Crippen MR) is 37.5 cm³/mol. The van der Waals surface area contributed by atoms with Crippen LogP contribution < -0.4 is 0 Å². The molecule has 10 heavy (non-hydrogen) atoms. The van der Waals surface area contributed by atoms with Gasteiger partial charge in [-0.05, 0) is 0 Å². The highest BCUT2D eigenvalue weighted by molar-refractivity contribution is 7.97. The van der Waals surface area contributed by atoms with Crippen LogP contribution in [0.25, 0.3) is 0 Å². The third-order valence-electron chi connectivity index (χ3n) is 0.521. The van der Waals surface area contributed by atoms with Crippen molar-refractivity contribution in [2.75, 3.05) is 19.5 Å². The first-order valence-corrected chi connectivity index (χ1v) is 4.86. The van der Waals surface area contributed by atoms with Crippen LogP contribution in [-0.4, -0.2) is 29.3 Å². The maximum Gasteiger partial charge on any atom is 0.480 e. The van der Waals surface area contributed by atoms with Gasteiger partial charge in [-0.15, -0.1) is 0 Å². The Morgan fingerprint density at radius 3 is 2.60 bits per heavy atom. The first-order valence-electron chi connectivity index (χ1n) is 2.42. The summed E-state index contributed by atoms with van der Waals surface area (Å²) in [6.07, 6.45) is 0. The second-order valence-electron chi connectivity index (χ2n) is 1.38. The van der Waals surface area contributed by atoms with E-state index in [-0.39, 0.29) is 0 Å². The zero-order chi connectivity index (χ0) is 8.04. The highest BCUT2D eigenvalue weighted by Crippen LogP contribution is 2.40. The van der Waals surface area contributed by atoms with Crippen molar-refractivity contribution in [2.24, 2.45) is 0 Å². The number of rotatable bonds is 5. The normalized spacial score (nSPS) is 11.9. The van der Waals surface area contributed by atoms with Gasteiger partial charge in [-0.25, -0.2) is 8.54 Å². The zero-order valence-electron chi connectivity index (χ0n) is 5.39. The molecule has 7 heteroatoms. The molecule has 0 rings (SSSR count). The molecule has 0 radical (unpaired) electrons. The highest BCUT2D eigenvalue weighted by atomic mass is 32.2. The average Bonchev–Trinajstić information content (AvgIpc) is 1.78. The molecule has 0 unspecified atom stereocenters. The van der Waals surface area contributed by atoms with Gasteiger partial charge in [-0.1, -0.05) is 0 Å². The Morgan fingerprint density at radius 1 is 1.60 bits per heavy atom. The molecular weight excluding hydrogens is 179 g/mol. The SMILES string of the molecule is COCCSOP(=O)(O)O. The van der Waals surface area contributed by atoms with Crippen molar-refractivity contribution in [3.05, 3.63) is 0 Å². The minimum Gasteiger partial charge on any atom is -0.384 e. The molecule has 0 heterocycles. The molecule has 0 bridgehead atoms. The summed E-state index contributed by atoms with van der Waals surface area (Å²) in [5.74, 6) is 0.404. The van der Waals surface area contributed by atoms with Crippen molar-refractivity contribution in [1.82, 2.24) is 0 Å². The minimum atomic E-state index is -4.30. The van der Waals surface area contributed by atoms with Crippen LogP contribution in [0.2, 0.25) is 0 Å². The number of hydrogen-bond acceptors (Lipinski definition) is 4. The molecule has 2 N–H and O–H groups in total. The smallest absolute Gasteiger partial charge is 0.384 e. The first kappa shape index (κ1) is 10.4. The molecule has 0 atom stereocenters. The van der Waals surface area contributed by atoms with Gasteiger partial charge < -0.3 is 14.5 Å². The van der Waals surface area contributed by atoms with Gasteiger partial charge in [0.25, 0.3) is 0 Å². The largest absolute Gasteiger partial charge is 0.480 e. The lowest BCUT2D eigenvalue weighted by atomic mass is 10.9. The van der Waals surface area contributed by atoms with Gasteiger partial charge in [0.15, 0.2) is 0 Å². The fourth-order valence-corrected chi connectivity index (χ4v) is 1.31. The summed E-state index contributed by atoms with van der Waals surface area (Å²) in [6, 6.07) is 0. The number of hydrogen-bond donors (Lipinski definition) is 2. The molecular formula is C3H9O5PS. The third kappa shape index (κ3) is 8.42. The van der Waals surface area contributed by atoms with E-state index in [9.17, 15) is 4.57 Å². The van der Waals surface area contributed by atoms with Gasteiger partial charge in [0.1, 0.15) is 0 Å². The quantitative estimate of drug-likeness (QED) is 0.369. The van der Waals surface area contributed by atoms with Crippen molar-refractivity contribution < 1.29 is 23.1 Å². The Hall–Kier alpha value is 0.420. The van der Waals surface area contributed by atoms with Gasteiger partial charge in [0, 0.05) is 24.9 Å². The molecule has 0 fully saturated rings. The lowest BCUT2D eigenvalue weighted by molar-refractivity contribution is 0.217. The summed E-state index contributed by atoms with van der Waals surface area (Å²) in [4.78, 5) is 16.3. The van der Waals surface area contributed by atoms with E-state index >= 15 is 0 Å². The van der Waals surface area contributed by atoms with E-state index < -0.39 is 7.82 Å². The highest BCUT2D eigenvalue weighted by Gasteiger charge is 2.13. The van der Waals surface area contributed by atoms with Crippen molar-refractivity contribution in [3.8, 4) is 0 Å². The summed E-state index contributed by atoms with van der Waals surface area (Å²) in [5, 5.41) is 0. The van der Waals surface area contributed by atoms with Crippen LogP contribution in [0.1, 0.15) is 0 Å². The Kier molecular flexibility index (Phi) is 5.34. The van der Waals surface area contributed by atoms with Crippen LogP contribution in [0, 0.1) is 0 Å². The maximum absolute atomic E-state index is 10.0. The number of phosphoric acid groups is 1. The molecule has 0 amide bonds. The Balaban J connectivity index is 3.13. The second-order valence-corrected chi connectivity index (χ2v) is 3.60. The van der Waals surface area contributed by atoms with Gasteiger partial charge in [0.2, 0.25) is 0 Å². The lowest BCUT2D eigenvalue weighted by Gasteiger charge is -2.01. The fourth-order valence-electron chi connectivity index (χ4n) is 0.223. The van der Waals surface area contributed by atoms with E-state index in [2.05, 4.69) is 8.71 Å². The molecule has 62 valence electrons. The third-order valence-corrected chi connectivity index (χ3v) is 2.05. The molecule has 0 aliphatic rings. The van der Waals surface area contributed by atoms with E-state index in [1.807, 2.05) is 0 Å². The van der Waals surface area contributed by atoms with E-state index in [1.54, 1.807) is 0 Å². The van der Waals surface area contributed by atoms with Crippen LogP contribution >= 0.6 is 19.9 Å². The molecule has 0 aromatic carbocycles. The van der Waals surface area contributed by atoms with Crippen LogP contribution in [0.3, 0.4) is 0 Å². The van der Waals surface area contributed by atoms with Crippen molar-refractivity contribution >= 4 is 19.9 Å². The molecule has 0 aromatic heterocycles. The van der Waals surface area contributed by atoms with E-state index in [0.29, 0.717) is 24.4 Å². The van der Waals surface area contributed by atoms with Crippen LogP contribution in [-0.2, 0) is 13.3 Å². The fraction of sp³-hybridized carbons (Fsp3) is 1.00. The van der Waals surface area contributed by atoms with E-state index in [4.69, 9.17) is 9.79 Å². The lowest BCUT2D eigenvalue weighted by Crippen LogP contribution is -1.91. The first-order chi connectivity index (χ1) is 4.56. The maximum atomic E-state index is 10.0. The standard InChI is InChI=1S/C3H9O5PS/c1-7-2-3-10-8-9(4,5)6/h2-3H2,1H3,(H2,4,5,6). The molecule has 0 aliphatic heterocycles. The van der Waals surface area contributed by atoms with E-state index in [1.165, 1.54) is 7.11 Å². The zero-order valence-corrected chi connectivity index (χ0v) is 7.10. The molecule has 0 saturated heterocycles. The van der Waals surface area contributed by atoms with Gasteiger partial charge >= 0.3 is 7.82 Å². The summed E-state index contributed by atoms with van der Waals surface area (Å²) in [7, 11) is -2.80. The van der Waals surface area contributed by atoms with Gasteiger partial charge in [0.05, 0.1) is 6.61 Å². The summed E-state index contributed by atoms with van der Waals surface area (Å²) < 4.78 is 18.6. The average molecular weight is 188 g/mol.